The van der Waals surface area contributed by atoms with Crippen LogP contribution in [0.3, 0.4) is 0 Å². The molecule has 1 aliphatic carbocycles. The summed E-state index contributed by atoms with van der Waals surface area (Å²) < 4.78 is 4.94. The molecular formula is C11H19NO2. The average molecular weight is 197 g/mol. The van der Waals surface area contributed by atoms with Gasteiger partial charge in [-0.2, -0.15) is 0 Å². The maximum atomic E-state index is 10.9. The third-order valence-electron chi connectivity index (χ3n) is 3.51. The summed E-state index contributed by atoms with van der Waals surface area (Å²) in [5.41, 5.74) is 0.441. The Morgan fingerprint density at radius 3 is 2.86 bits per heavy atom. The number of carbonyl (C=O) groups excluding carboxylic acids is 1. The van der Waals surface area contributed by atoms with Crippen LogP contribution < -0.4 is 5.32 Å². The SMILES string of the molecule is CC1(C)CCCC(C2COC(=O)N2)C1. The maximum Gasteiger partial charge on any atom is 0.407 e. The second kappa shape index (κ2) is 3.44. The summed E-state index contributed by atoms with van der Waals surface area (Å²) in [5, 5.41) is 2.90. The molecule has 2 aliphatic rings. The Balaban J connectivity index is 1.94. The van der Waals surface area contributed by atoms with Gasteiger partial charge in [-0.05, 0) is 30.6 Å². The molecule has 14 heavy (non-hydrogen) atoms. The Bertz CT molecular complexity index is 237. The Labute approximate surface area is 85.2 Å². The highest BCUT2D eigenvalue weighted by Gasteiger charge is 2.36. The zero-order chi connectivity index (χ0) is 10.2. The van der Waals surface area contributed by atoms with Crippen LogP contribution in [-0.4, -0.2) is 18.7 Å². The summed E-state index contributed by atoms with van der Waals surface area (Å²) in [6.07, 6.45) is 4.80. The van der Waals surface area contributed by atoms with Gasteiger partial charge in [0.1, 0.15) is 6.61 Å². The second-order valence-electron chi connectivity index (χ2n) is 5.37. The smallest absolute Gasteiger partial charge is 0.407 e. The van der Waals surface area contributed by atoms with E-state index >= 15 is 0 Å². The fourth-order valence-electron chi connectivity index (χ4n) is 2.75. The molecule has 1 saturated carbocycles. The summed E-state index contributed by atoms with van der Waals surface area (Å²) in [4.78, 5) is 10.9. The van der Waals surface area contributed by atoms with Crippen molar-refractivity contribution in [1.29, 1.82) is 0 Å². The van der Waals surface area contributed by atoms with E-state index in [9.17, 15) is 4.79 Å². The number of hydrogen-bond acceptors (Lipinski definition) is 2. The van der Waals surface area contributed by atoms with Crippen molar-refractivity contribution in [3.05, 3.63) is 0 Å². The third-order valence-corrected chi connectivity index (χ3v) is 3.51. The molecule has 0 radical (unpaired) electrons. The fraction of sp³-hybridized carbons (Fsp3) is 0.909. The van der Waals surface area contributed by atoms with Crippen molar-refractivity contribution in [2.75, 3.05) is 6.61 Å². The Hall–Kier alpha value is -0.730. The fourth-order valence-corrected chi connectivity index (χ4v) is 2.75. The molecule has 1 aliphatic heterocycles. The van der Waals surface area contributed by atoms with Crippen molar-refractivity contribution in [3.63, 3.8) is 0 Å². The molecule has 0 aromatic carbocycles. The Kier molecular flexibility index (Phi) is 2.41. The molecule has 0 bridgehead atoms. The van der Waals surface area contributed by atoms with E-state index < -0.39 is 0 Å². The first-order chi connectivity index (χ1) is 6.57. The van der Waals surface area contributed by atoms with Crippen molar-refractivity contribution in [1.82, 2.24) is 5.32 Å². The van der Waals surface area contributed by atoms with Crippen LogP contribution in [-0.2, 0) is 4.74 Å². The summed E-state index contributed by atoms with van der Waals surface area (Å²) in [7, 11) is 0. The van der Waals surface area contributed by atoms with Crippen molar-refractivity contribution >= 4 is 6.09 Å². The van der Waals surface area contributed by atoms with Gasteiger partial charge in [-0.1, -0.05) is 20.3 Å². The van der Waals surface area contributed by atoms with Crippen LogP contribution >= 0.6 is 0 Å². The summed E-state index contributed by atoms with van der Waals surface area (Å²) in [6, 6.07) is 0.266. The lowest BCUT2D eigenvalue weighted by atomic mass is 9.70. The summed E-state index contributed by atoms with van der Waals surface area (Å²) in [5.74, 6) is 0.616. The molecule has 2 unspecified atom stereocenters. The largest absolute Gasteiger partial charge is 0.447 e. The van der Waals surface area contributed by atoms with Crippen LogP contribution in [0.5, 0.6) is 0 Å². The number of cyclic esters (lactones) is 1. The number of hydrogen-bond donors (Lipinski definition) is 1. The number of carbonyl (C=O) groups is 1. The molecule has 0 spiro atoms. The normalized spacial score (nSPS) is 36.3. The van der Waals surface area contributed by atoms with E-state index in [1.165, 1.54) is 25.7 Å². The van der Waals surface area contributed by atoms with Gasteiger partial charge in [0.15, 0.2) is 0 Å². The molecule has 0 aromatic rings. The lowest BCUT2D eigenvalue weighted by Crippen LogP contribution is -2.38. The van der Waals surface area contributed by atoms with E-state index in [0.717, 1.165) is 0 Å². The minimum Gasteiger partial charge on any atom is -0.447 e. The maximum absolute atomic E-state index is 10.9. The van der Waals surface area contributed by atoms with Gasteiger partial charge >= 0.3 is 6.09 Å². The monoisotopic (exact) mass is 197 g/mol. The molecule has 80 valence electrons. The van der Waals surface area contributed by atoms with Crippen molar-refractivity contribution in [2.24, 2.45) is 11.3 Å². The number of ether oxygens (including phenoxy) is 1. The first-order valence-corrected chi connectivity index (χ1v) is 5.50. The predicted octanol–water partition coefficient (Wildman–Crippen LogP) is 2.31. The predicted molar refractivity (Wildman–Crippen MR) is 54.0 cm³/mol. The van der Waals surface area contributed by atoms with Crippen LogP contribution in [0.25, 0.3) is 0 Å². The Morgan fingerprint density at radius 2 is 2.29 bits per heavy atom. The lowest BCUT2D eigenvalue weighted by Gasteiger charge is -2.37. The first-order valence-electron chi connectivity index (χ1n) is 5.50. The zero-order valence-electron chi connectivity index (χ0n) is 9.01. The highest BCUT2D eigenvalue weighted by atomic mass is 16.6. The van der Waals surface area contributed by atoms with E-state index in [-0.39, 0.29) is 12.1 Å². The van der Waals surface area contributed by atoms with E-state index in [1.54, 1.807) is 0 Å². The first kappa shape index (κ1) is 9.81. The molecule has 1 N–H and O–H groups in total. The van der Waals surface area contributed by atoms with Gasteiger partial charge in [-0.25, -0.2) is 4.79 Å². The van der Waals surface area contributed by atoms with Gasteiger partial charge in [0.2, 0.25) is 0 Å². The Morgan fingerprint density at radius 1 is 1.50 bits per heavy atom. The van der Waals surface area contributed by atoms with Gasteiger partial charge in [0.25, 0.3) is 0 Å². The highest BCUT2D eigenvalue weighted by molar-refractivity contribution is 5.69. The molecule has 1 heterocycles. The average Bonchev–Trinajstić information content (AvgIpc) is 2.50. The number of amides is 1. The number of alkyl carbamates (subject to hydrolysis) is 1. The van der Waals surface area contributed by atoms with E-state index in [1.807, 2.05) is 0 Å². The minimum atomic E-state index is -0.238. The zero-order valence-corrected chi connectivity index (χ0v) is 9.01. The van der Waals surface area contributed by atoms with Gasteiger partial charge in [-0.3, -0.25) is 0 Å². The van der Waals surface area contributed by atoms with Gasteiger partial charge in [0, 0.05) is 0 Å². The molecule has 1 saturated heterocycles. The topological polar surface area (TPSA) is 38.3 Å². The van der Waals surface area contributed by atoms with Crippen LogP contribution in [0, 0.1) is 11.3 Å². The van der Waals surface area contributed by atoms with Crippen LogP contribution in [0.1, 0.15) is 39.5 Å². The lowest BCUT2D eigenvalue weighted by molar-refractivity contribution is 0.142. The standard InChI is InChI=1S/C11H19NO2/c1-11(2)5-3-4-8(6-11)9-7-14-10(13)12-9/h8-9H,3-7H2,1-2H3,(H,12,13). The molecule has 2 fully saturated rings. The van der Waals surface area contributed by atoms with E-state index in [0.29, 0.717) is 17.9 Å². The molecule has 3 heteroatoms. The molecule has 2 rings (SSSR count). The minimum absolute atomic E-state index is 0.238. The van der Waals surface area contributed by atoms with E-state index in [4.69, 9.17) is 4.74 Å². The van der Waals surface area contributed by atoms with Crippen molar-refractivity contribution < 1.29 is 9.53 Å². The van der Waals surface area contributed by atoms with Crippen molar-refractivity contribution in [2.45, 2.75) is 45.6 Å². The second-order valence-corrected chi connectivity index (χ2v) is 5.37. The summed E-state index contributed by atoms with van der Waals surface area (Å²) >= 11 is 0. The highest BCUT2D eigenvalue weighted by Crippen LogP contribution is 2.40. The molecule has 3 nitrogen and oxygen atoms in total. The molecule has 2 atom stereocenters. The number of rotatable bonds is 1. The molecular weight excluding hydrogens is 178 g/mol. The van der Waals surface area contributed by atoms with Crippen LogP contribution in [0.4, 0.5) is 4.79 Å². The molecule has 1 amide bonds. The van der Waals surface area contributed by atoms with Gasteiger partial charge in [-0.15, -0.1) is 0 Å². The number of nitrogens with one attached hydrogen (secondary N) is 1. The summed E-state index contributed by atoms with van der Waals surface area (Å²) in [6.45, 7) is 5.20. The van der Waals surface area contributed by atoms with Gasteiger partial charge < -0.3 is 10.1 Å². The quantitative estimate of drug-likeness (QED) is 0.700. The van der Waals surface area contributed by atoms with Gasteiger partial charge in [0.05, 0.1) is 6.04 Å². The van der Waals surface area contributed by atoms with E-state index in [2.05, 4.69) is 19.2 Å². The van der Waals surface area contributed by atoms with Crippen molar-refractivity contribution in [3.8, 4) is 0 Å². The van der Waals surface area contributed by atoms with Crippen LogP contribution in [0.2, 0.25) is 0 Å². The van der Waals surface area contributed by atoms with Crippen LogP contribution in [0.15, 0.2) is 0 Å². The molecule has 0 aromatic heterocycles. The third kappa shape index (κ3) is 2.02.